The van der Waals surface area contributed by atoms with Gasteiger partial charge in [0.05, 0.1) is 16.7 Å². The molecule has 108 valence electrons. The first-order chi connectivity index (χ1) is 10.1. The van der Waals surface area contributed by atoms with E-state index in [1.165, 1.54) is 11.1 Å². The van der Waals surface area contributed by atoms with Crippen LogP contribution in [0.4, 0.5) is 0 Å². The third kappa shape index (κ3) is 2.56. The quantitative estimate of drug-likeness (QED) is 0.634. The molecule has 2 aromatic heterocycles. The first-order valence-corrected chi connectivity index (χ1v) is 7.80. The van der Waals surface area contributed by atoms with E-state index in [1.54, 1.807) is 0 Å². The number of furan rings is 1. The number of hydrogen-bond donors (Lipinski definition) is 0. The fourth-order valence-electron chi connectivity index (χ4n) is 2.54. The number of aromatic nitrogens is 2. The Morgan fingerprint density at radius 3 is 2.43 bits per heavy atom. The molecule has 0 fully saturated rings. The Morgan fingerprint density at radius 1 is 1.10 bits per heavy atom. The number of rotatable bonds is 3. The minimum absolute atomic E-state index is 0.0902. The van der Waals surface area contributed by atoms with E-state index in [4.69, 9.17) is 4.42 Å². The third-order valence-electron chi connectivity index (χ3n) is 3.79. The molecule has 2 heterocycles. The summed E-state index contributed by atoms with van der Waals surface area (Å²) in [6.07, 6.45) is 3.95. The van der Waals surface area contributed by atoms with Crippen molar-refractivity contribution in [2.75, 3.05) is 0 Å². The molecule has 3 rings (SSSR count). The zero-order valence-electron chi connectivity index (χ0n) is 12.3. The lowest BCUT2D eigenvalue weighted by Gasteiger charge is -2.08. The number of aryl methyl sites for hydroxylation is 2. The van der Waals surface area contributed by atoms with Gasteiger partial charge in [-0.15, -0.1) is 0 Å². The van der Waals surface area contributed by atoms with Gasteiger partial charge in [-0.05, 0) is 38.5 Å². The number of hydrogen-bond acceptors (Lipinski definition) is 2. The van der Waals surface area contributed by atoms with Crippen molar-refractivity contribution in [2.24, 2.45) is 0 Å². The lowest BCUT2D eigenvalue weighted by Crippen LogP contribution is -1.95. The summed E-state index contributed by atoms with van der Waals surface area (Å²) in [5.74, 6) is 1.93. The summed E-state index contributed by atoms with van der Waals surface area (Å²) in [7, 11) is 0. The minimum Gasteiger partial charge on any atom is -0.466 e. The van der Waals surface area contributed by atoms with E-state index in [-0.39, 0.29) is 4.83 Å². The molecule has 4 heteroatoms. The van der Waals surface area contributed by atoms with Crippen molar-refractivity contribution in [1.29, 1.82) is 0 Å². The molecule has 0 amide bonds. The maximum absolute atomic E-state index is 5.72. The molecule has 0 aliphatic carbocycles. The van der Waals surface area contributed by atoms with Crippen molar-refractivity contribution < 1.29 is 4.42 Å². The van der Waals surface area contributed by atoms with Gasteiger partial charge in [-0.1, -0.05) is 34.1 Å². The Hall–Kier alpha value is -1.81. The van der Waals surface area contributed by atoms with Gasteiger partial charge >= 0.3 is 0 Å². The van der Waals surface area contributed by atoms with Crippen molar-refractivity contribution >= 4 is 15.9 Å². The predicted octanol–water partition coefficient (Wildman–Crippen LogP) is 4.87. The van der Waals surface area contributed by atoms with E-state index in [9.17, 15) is 0 Å². The lowest BCUT2D eigenvalue weighted by molar-refractivity contribution is 0.500. The fraction of sp³-hybridized carbons (Fsp3) is 0.235. The summed E-state index contributed by atoms with van der Waals surface area (Å²) in [5, 5.41) is 4.46. The van der Waals surface area contributed by atoms with Crippen molar-refractivity contribution in [3.8, 4) is 5.69 Å². The van der Waals surface area contributed by atoms with E-state index < -0.39 is 0 Å². The second kappa shape index (κ2) is 5.53. The van der Waals surface area contributed by atoms with Gasteiger partial charge in [0.25, 0.3) is 0 Å². The molecule has 3 aromatic rings. The van der Waals surface area contributed by atoms with Crippen LogP contribution in [-0.4, -0.2) is 9.78 Å². The number of halogens is 1. The second-order valence-corrected chi connectivity index (χ2v) is 6.09. The molecule has 0 radical (unpaired) electrons. The van der Waals surface area contributed by atoms with Gasteiger partial charge in [-0.2, -0.15) is 5.10 Å². The van der Waals surface area contributed by atoms with Crippen LogP contribution in [0.5, 0.6) is 0 Å². The largest absolute Gasteiger partial charge is 0.466 e. The molecule has 0 saturated carbocycles. The van der Waals surface area contributed by atoms with Gasteiger partial charge in [0.1, 0.15) is 11.5 Å². The first kappa shape index (κ1) is 14.1. The van der Waals surface area contributed by atoms with E-state index in [0.717, 1.165) is 22.8 Å². The van der Waals surface area contributed by atoms with Gasteiger partial charge in [-0.25, -0.2) is 4.68 Å². The van der Waals surface area contributed by atoms with Gasteiger partial charge in [-0.3, -0.25) is 0 Å². The van der Waals surface area contributed by atoms with Crippen LogP contribution in [-0.2, 0) is 0 Å². The van der Waals surface area contributed by atoms with Crippen LogP contribution >= 0.6 is 15.9 Å². The van der Waals surface area contributed by atoms with Crippen LogP contribution < -0.4 is 0 Å². The van der Waals surface area contributed by atoms with E-state index >= 15 is 0 Å². The van der Waals surface area contributed by atoms with Crippen LogP contribution in [0.3, 0.4) is 0 Å². The molecule has 3 nitrogen and oxygen atoms in total. The zero-order chi connectivity index (χ0) is 15.0. The summed E-state index contributed by atoms with van der Waals surface area (Å²) in [6, 6.07) is 10.1. The second-order valence-electron chi connectivity index (χ2n) is 5.17. The average Bonchev–Trinajstić information content (AvgIpc) is 3.06. The maximum atomic E-state index is 5.72. The number of para-hydroxylation sites is 1. The number of benzene rings is 1. The van der Waals surface area contributed by atoms with E-state index in [0.29, 0.717) is 0 Å². The summed E-state index contributed by atoms with van der Waals surface area (Å²) in [4.78, 5) is 0.0902. The molecular weight excluding hydrogens is 328 g/mol. The first-order valence-electron chi connectivity index (χ1n) is 6.88. The maximum Gasteiger partial charge on any atom is 0.106 e. The molecule has 0 aliphatic rings. The standard InChI is InChI=1S/C17H17BrN2O/c1-11-12(2)21-13(3)16(11)17(18)14-9-19-20(10-14)15-7-5-4-6-8-15/h4-10,17H,1-3H3. The molecule has 21 heavy (non-hydrogen) atoms. The zero-order valence-corrected chi connectivity index (χ0v) is 13.9. The number of alkyl halides is 1. The SMILES string of the molecule is Cc1oc(C)c(C(Br)c2cnn(-c3ccccc3)c2)c1C. The highest BCUT2D eigenvalue weighted by atomic mass is 79.9. The molecule has 1 unspecified atom stereocenters. The van der Waals surface area contributed by atoms with Gasteiger partial charge in [0, 0.05) is 17.3 Å². The van der Waals surface area contributed by atoms with Crippen LogP contribution in [0.1, 0.15) is 33.0 Å². The summed E-state index contributed by atoms with van der Waals surface area (Å²) in [6.45, 7) is 6.10. The van der Waals surface area contributed by atoms with Gasteiger partial charge in [0.15, 0.2) is 0 Å². The predicted molar refractivity (Wildman–Crippen MR) is 87.3 cm³/mol. The van der Waals surface area contributed by atoms with Gasteiger partial charge < -0.3 is 4.42 Å². The third-order valence-corrected chi connectivity index (χ3v) is 4.77. The molecule has 0 aliphatic heterocycles. The summed E-state index contributed by atoms with van der Waals surface area (Å²) < 4.78 is 7.61. The Morgan fingerprint density at radius 2 is 1.81 bits per heavy atom. The highest BCUT2D eigenvalue weighted by molar-refractivity contribution is 9.09. The Balaban J connectivity index is 1.96. The average molecular weight is 345 g/mol. The van der Waals surface area contributed by atoms with E-state index in [1.807, 2.05) is 55.1 Å². The van der Waals surface area contributed by atoms with Crippen LogP contribution in [0.15, 0.2) is 47.1 Å². The van der Waals surface area contributed by atoms with Crippen LogP contribution in [0.25, 0.3) is 5.69 Å². The molecular formula is C17H17BrN2O. The Kier molecular flexibility index (Phi) is 3.72. The minimum atomic E-state index is 0.0902. The number of nitrogens with zero attached hydrogens (tertiary/aromatic N) is 2. The van der Waals surface area contributed by atoms with Gasteiger partial charge in [0.2, 0.25) is 0 Å². The Bertz CT molecular complexity index is 758. The highest BCUT2D eigenvalue weighted by Gasteiger charge is 2.21. The smallest absolute Gasteiger partial charge is 0.106 e. The molecule has 0 spiro atoms. The summed E-state index contributed by atoms with van der Waals surface area (Å²) in [5.41, 5.74) is 4.56. The van der Waals surface area contributed by atoms with Crippen molar-refractivity contribution in [3.05, 3.63) is 70.9 Å². The van der Waals surface area contributed by atoms with Crippen molar-refractivity contribution in [3.63, 3.8) is 0 Å². The molecule has 0 bridgehead atoms. The molecule has 0 N–H and O–H groups in total. The van der Waals surface area contributed by atoms with Crippen molar-refractivity contribution in [2.45, 2.75) is 25.6 Å². The highest BCUT2D eigenvalue weighted by Crippen LogP contribution is 2.37. The summed E-state index contributed by atoms with van der Waals surface area (Å²) >= 11 is 3.78. The monoisotopic (exact) mass is 344 g/mol. The Labute approximate surface area is 132 Å². The van der Waals surface area contributed by atoms with Crippen LogP contribution in [0.2, 0.25) is 0 Å². The molecule has 1 atom stereocenters. The normalized spacial score (nSPS) is 12.6. The molecule has 0 saturated heterocycles. The fourth-order valence-corrected chi connectivity index (χ4v) is 3.44. The van der Waals surface area contributed by atoms with Crippen LogP contribution in [0, 0.1) is 20.8 Å². The van der Waals surface area contributed by atoms with Crippen molar-refractivity contribution in [1.82, 2.24) is 9.78 Å². The molecule has 1 aromatic carbocycles. The lowest BCUT2D eigenvalue weighted by atomic mass is 10.0. The topological polar surface area (TPSA) is 31.0 Å². The van der Waals surface area contributed by atoms with E-state index in [2.05, 4.69) is 34.1 Å².